The first-order valence-corrected chi connectivity index (χ1v) is 3.56. The fourth-order valence-electron chi connectivity index (χ4n) is 0.643. The van der Waals surface area contributed by atoms with Crippen molar-refractivity contribution >= 4 is 12.2 Å². The molecule has 0 bridgehead atoms. The van der Waals surface area contributed by atoms with Gasteiger partial charge in [-0.05, 0) is 6.07 Å². The molecular formula is C8H8N2O3. The monoisotopic (exact) mass is 180 g/mol. The lowest BCUT2D eigenvalue weighted by molar-refractivity contribution is -0.142. The third kappa shape index (κ3) is 3.85. The van der Waals surface area contributed by atoms with E-state index >= 15 is 0 Å². The summed E-state index contributed by atoms with van der Waals surface area (Å²) in [6.07, 6.45) is 4.62. The molecule has 13 heavy (non-hydrogen) atoms. The molecule has 1 aromatic rings. The molecule has 1 rings (SSSR count). The summed E-state index contributed by atoms with van der Waals surface area (Å²) < 4.78 is 0. The van der Waals surface area contributed by atoms with E-state index in [2.05, 4.69) is 15.0 Å². The Morgan fingerprint density at radius 3 is 3.23 bits per heavy atom. The van der Waals surface area contributed by atoms with Crippen LogP contribution in [0, 0.1) is 0 Å². The van der Waals surface area contributed by atoms with E-state index in [0.717, 1.165) is 5.56 Å². The first-order chi connectivity index (χ1) is 6.29. The van der Waals surface area contributed by atoms with E-state index in [9.17, 15) is 4.79 Å². The summed E-state index contributed by atoms with van der Waals surface area (Å²) in [5.74, 6) is -1.05. The maximum absolute atomic E-state index is 10.00. The quantitative estimate of drug-likeness (QED) is 0.541. The number of pyridine rings is 1. The van der Waals surface area contributed by atoms with Crippen LogP contribution in [0.2, 0.25) is 0 Å². The minimum absolute atomic E-state index is 0.434. The molecule has 0 saturated carbocycles. The highest BCUT2D eigenvalue weighted by atomic mass is 16.6. The summed E-state index contributed by atoms with van der Waals surface area (Å²) >= 11 is 0. The minimum atomic E-state index is -1.05. The molecule has 0 spiro atoms. The van der Waals surface area contributed by atoms with Crippen molar-refractivity contribution < 1.29 is 14.7 Å². The maximum atomic E-state index is 10.00. The van der Waals surface area contributed by atoms with Gasteiger partial charge in [0.15, 0.2) is 0 Å². The molecule has 1 aromatic heterocycles. The first-order valence-electron chi connectivity index (χ1n) is 3.56. The SMILES string of the molecule is O=C(O)CON=Cc1cccnc1. The average Bonchev–Trinajstić information content (AvgIpc) is 2.14. The summed E-state index contributed by atoms with van der Waals surface area (Å²) in [4.78, 5) is 18.3. The van der Waals surface area contributed by atoms with E-state index in [1.807, 2.05) is 0 Å². The Labute approximate surface area is 74.7 Å². The second-order valence-corrected chi connectivity index (χ2v) is 2.19. The maximum Gasteiger partial charge on any atom is 0.344 e. The third-order valence-electron chi connectivity index (χ3n) is 1.15. The number of rotatable bonds is 4. The standard InChI is InChI=1S/C8H8N2O3/c11-8(12)6-13-10-5-7-2-1-3-9-4-7/h1-5H,6H2,(H,11,12). The van der Waals surface area contributed by atoms with Crippen molar-refractivity contribution in [1.29, 1.82) is 0 Å². The molecule has 0 aromatic carbocycles. The number of hydrogen-bond donors (Lipinski definition) is 1. The van der Waals surface area contributed by atoms with Gasteiger partial charge in [0.05, 0.1) is 6.21 Å². The van der Waals surface area contributed by atoms with Crippen LogP contribution < -0.4 is 0 Å². The summed E-state index contributed by atoms with van der Waals surface area (Å²) in [5.41, 5.74) is 0.757. The summed E-state index contributed by atoms with van der Waals surface area (Å²) in [7, 11) is 0. The highest BCUT2D eigenvalue weighted by molar-refractivity contribution is 5.78. The summed E-state index contributed by atoms with van der Waals surface area (Å²) in [6, 6.07) is 3.53. The number of aliphatic carboxylic acids is 1. The molecule has 1 heterocycles. The van der Waals surface area contributed by atoms with Crippen LogP contribution in [-0.2, 0) is 9.63 Å². The number of aromatic nitrogens is 1. The molecule has 0 unspecified atom stereocenters. The molecule has 0 aliphatic carbocycles. The fraction of sp³-hybridized carbons (Fsp3) is 0.125. The van der Waals surface area contributed by atoms with Crippen molar-refractivity contribution in [3.8, 4) is 0 Å². The van der Waals surface area contributed by atoms with Crippen molar-refractivity contribution in [3.05, 3.63) is 30.1 Å². The second-order valence-electron chi connectivity index (χ2n) is 2.19. The van der Waals surface area contributed by atoms with Gasteiger partial charge in [0.2, 0.25) is 6.61 Å². The number of carbonyl (C=O) groups is 1. The Hall–Kier alpha value is -1.91. The molecule has 0 fully saturated rings. The van der Waals surface area contributed by atoms with Crippen LogP contribution in [0.3, 0.4) is 0 Å². The van der Waals surface area contributed by atoms with Crippen molar-refractivity contribution in [2.75, 3.05) is 6.61 Å². The molecule has 0 saturated heterocycles. The summed E-state index contributed by atoms with van der Waals surface area (Å²) in [5, 5.41) is 11.6. The summed E-state index contributed by atoms with van der Waals surface area (Å²) in [6.45, 7) is -0.434. The second kappa shape index (κ2) is 4.87. The number of hydrogen-bond acceptors (Lipinski definition) is 4. The van der Waals surface area contributed by atoms with E-state index < -0.39 is 12.6 Å². The van der Waals surface area contributed by atoms with Gasteiger partial charge in [-0.25, -0.2) is 4.79 Å². The van der Waals surface area contributed by atoms with Gasteiger partial charge in [-0.15, -0.1) is 0 Å². The van der Waals surface area contributed by atoms with Crippen molar-refractivity contribution in [3.63, 3.8) is 0 Å². The molecular weight excluding hydrogens is 172 g/mol. The van der Waals surface area contributed by atoms with E-state index in [1.54, 1.807) is 24.5 Å². The predicted octanol–water partition coefficient (Wildman–Crippen LogP) is 0.517. The van der Waals surface area contributed by atoms with Gasteiger partial charge in [0.25, 0.3) is 0 Å². The van der Waals surface area contributed by atoms with Gasteiger partial charge in [0, 0.05) is 18.0 Å². The number of oxime groups is 1. The molecule has 0 radical (unpaired) electrons. The molecule has 1 N–H and O–H groups in total. The van der Waals surface area contributed by atoms with Gasteiger partial charge in [-0.1, -0.05) is 11.2 Å². The van der Waals surface area contributed by atoms with Crippen LogP contribution in [0.15, 0.2) is 29.7 Å². The zero-order valence-corrected chi connectivity index (χ0v) is 6.75. The van der Waals surface area contributed by atoms with Gasteiger partial charge >= 0.3 is 5.97 Å². The Bertz CT molecular complexity index is 298. The zero-order chi connectivity index (χ0) is 9.52. The van der Waals surface area contributed by atoms with Crippen molar-refractivity contribution in [1.82, 2.24) is 4.98 Å². The van der Waals surface area contributed by atoms with E-state index in [0.29, 0.717) is 0 Å². The minimum Gasteiger partial charge on any atom is -0.479 e. The van der Waals surface area contributed by atoms with Crippen LogP contribution in [0.5, 0.6) is 0 Å². The lowest BCUT2D eigenvalue weighted by atomic mass is 10.3. The predicted molar refractivity (Wildman–Crippen MR) is 45.4 cm³/mol. The molecule has 0 aliphatic rings. The van der Waals surface area contributed by atoms with Crippen LogP contribution in [-0.4, -0.2) is 28.9 Å². The van der Waals surface area contributed by atoms with E-state index in [4.69, 9.17) is 5.11 Å². The Kier molecular flexibility index (Phi) is 3.44. The number of carboxylic acids is 1. The Balaban J connectivity index is 2.37. The molecule has 0 atom stereocenters. The van der Waals surface area contributed by atoms with Gasteiger partial charge in [-0.3, -0.25) is 4.98 Å². The van der Waals surface area contributed by atoms with Gasteiger partial charge in [-0.2, -0.15) is 0 Å². The lowest BCUT2D eigenvalue weighted by Gasteiger charge is -1.92. The van der Waals surface area contributed by atoms with Gasteiger partial charge < -0.3 is 9.94 Å². The smallest absolute Gasteiger partial charge is 0.344 e. The van der Waals surface area contributed by atoms with Crippen molar-refractivity contribution in [2.45, 2.75) is 0 Å². The highest BCUT2D eigenvalue weighted by Gasteiger charge is 1.93. The topological polar surface area (TPSA) is 71.8 Å². The molecule has 68 valence electrons. The highest BCUT2D eigenvalue weighted by Crippen LogP contribution is 1.90. The third-order valence-corrected chi connectivity index (χ3v) is 1.15. The van der Waals surface area contributed by atoms with Crippen LogP contribution in [0.1, 0.15) is 5.56 Å². The molecule has 5 nitrogen and oxygen atoms in total. The van der Waals surface area contributed by atoms with E-state index in [-0.39, 0.29) is 0 Å². The largest absolute Gasteiger partial charge is 0.479 e. The number of nitrogens with zero attached hydrogens (tertiary/aromatic N) is 2. The van der Waals surface area contributed by atoms with Crippen LogP contribution in [0.4, 0.5) is 0 Å². The number of carboxylic acid groups (broad SMARTS) is 1. The molecule has 5 heteroatoms. The van der Waals surface area contributed by atoms with Crippen LogP contribution >= 0.6 is 0 Å². The van der Waals surface area contributed by atoms with Crippen LogP contribution in [0.25, 0.3) is 0 Å². The molecule has 0 amide bonds. The van der Waals surface area contributed by atoms with E-state index in [1.165, 1.54) is 6.21 Å². The first kappa shape index (κ1) is 9.18. The van der Waals surface area contributed by atoms with Gasteiger partial charge in [0.1, 0.15) is 0 Å². The average molecular weight is 180 g/mol. The zero-order valence-electron chi connectivity index (χ0n) is 6.75. The Morgan fingerprint density at radius 1 is 1.77 bits per heavy atom. The molecule has 0 aliphatic heterocycles. The lowest BCUT2D eigenvalue weighted by Crippen LogP contribution is -2.03. The normalized spacial score (nSPS) is 10.2. The fourth-order valence-corrected chi connectivity index (χ4v) is 0.643. The van der Waals surface area contributed by atoms with Crippen molar-refractivity contribution in [2.24, 2.45) is 5.16 Å². The Morgan fingerprint density at radius 2 is 2.62 bits per heavy atom.